The van der Waals surface area contributed by atoms with E-state index in [0.717, 1.165) is 30.2 Å². The van der Waals surface area contributed by atoms with E-state index in [2.05, 4.69) is 80.4 Å². The molecule has 1 heterocycles. The maximum absolute atomic E-state index is 6.36. The predicted molar refractivity (Wildman–Crippen MR) is 111 cm³/mol. The van der Waals surface area contributed by atoms with Crippen LogP contribution in [0.4, 0.5) is 5.69 Å². The number of hydrogen-bond donors (Lipinski definition) is 1. The van der Waals surface area contributed by atoms with Gasteiger partial charge in [-0.2, -0.15) is 0 Å². The van der Waals surface area contributed by atoms with Crippen molar-refractivity contribution in [3.8, 4) is 0 Å². The van der Waals surface area contributed by atoms with Crippen LogP contribution >= 0.6 is 11.6 Å². The summed E-state index contributed by atoms with van der Waals surface area (Å²) in [6.07, 6.45) is 2.43. The molecule has 1 unspecified atom stereocenters. The molecular weight excluding hydrogens is 328 g/mol. The number of anilines is 1. The molecule has 0 aliphatic carbocycles. The fourth-order valence-electron chi connectivity index (χ4n) is 3.07. The van der Waals surface area contributed by atoms with Crippen LogP contribution in [0.5, 0.6) is 0 Å². The Morgan fingerprint density at radius 1 is 1.08 bits per heavy atom. The van der Waals surface area contributed by atoms with Crippen molar-refractivity contribution in [2.75, 3.05) is 18.0 Å². The average molecular weight is 359 g/mol. The first-order valence-corrected chi connectivity index (χ1v) is 9.72. The van der Waals surface area contributed by atoms with Crippen molar-refractivity contribution < 1.29 is 0 Å². The third kappa shape index (κ3) is 5.49. The molecule has 1 saturated heterocycles. The Balaban J connectivity index is 0.000000701. The molecule has 2 aromatic rings. The first kappa shape index (κ1) is 19.8. The number of hydrogen-bond acceptors (Lipinski definition) is 2. The Morgan fingerprint density at radius 3 is 2.40 bits per heavy atom. The Labute approximate surface area is 158 Å². The summed E-state index contributed by atoms with van der Waals surface area (Å²) in [6, 6.07) is 15.6. The average Bonchev–Trinajstić information content (AvgIpc) is 3.12. The molecular formula is C22H31ClN2. The number of benzene rings is 2. The third-order valence-electron chi connectivity index (χ3n) is 4.56. The molecule has 1 aliphatic rings. The van der Waals surface area contributed by atoms with Crippen molar-refractivity contribution in [2.24, 2.45) is 0 Å². The van der Waals surface area contributed by atoms with Crippen LogP contribution in [0, 0.1) is 13.8 Å². The second kappa shape index (κ2) is 9.84. The molecule has 2 nitrogen and oxygen atoms in total. The van der Waals surface area contributed by atoms with Gasteiger partial charge in [-0.15, -0.1) is 0 Å². The SMILES string of the molecule is CCC.Cc1ccc(N(Cc2ccccc2C)C2CCNC2)cc1Cl. The Kier molecular flexibility index (Phi) is 7.80. The molecule has 1 atom stereocenters. The van der Waals surface area contributed by atoms with Crippen LogP contribution in [0.2, 0.25) is 5.02 Å². The van der Waals surface area contributed by atoms with Crippen molar-refractivity contribution in [1.82, 2.24) is 5.32 Å². The Bertz CT molecular complexity index is 663. The molecule has 25 heavy (non-hydrogen) atoms. The Hall–Kier alpha value is -1.51. The van der Waals surface area contributed by atoms with E-state index >= 15 is 0 Å². The first-order chi connectivity index (χ1) is 12.1. The summed E-state index contributed by atoms with van der Waals surface area (Å²) in [4.78, 5) is 2.49. The van der Waals surface area contributed by atoms with Gasteiger partial charge in [0.25, 0.3) is 0 Å². The van der Waals surface area contributed by atoms with E-state index in [0.29, 0.717) is 6.04 Å². The molecule has 1 fully saturated rings. The minimum absolute atomic E-state index is 0.526. The summed E-state index contributed by atoms with van der Waals surface area (Å²) in [5.74, 6) is 0. The molecule has 1 aliphatic heterocycles. The van der Waals surface area contributed by atoms with E-state index in [4.69, 9.17) is 11.6 Å². The molecule has 3 rings (SSSR count). The number of aryl methyl sites for hydroxylation is 2. The van der Waals surface area contributed by atoms with Gasteiger partial charge in [-0.3, -0.25) is 0 Å². The van der Waals surface area contributed by atoms with Gasteiger partial charge in [0.2, 0.25) is 0 Å². The highest BCUT2D eigenvalue weighted by molar-refractivity contribution is 6.31. The van der Waals surface area contributed by atoms with Gasteiger partial charge in [-0.1, -0.05) is 62.2 Å². The number of halogens is 1. The lowest BCUT2D eigenvalue weighted by molar-refractivity contribution is 0.630. The third-order valence-corrected chi connectivity index (χ3v) is 4.97. The molecule has 1 N–H and O–H groups in total. The van der Waals surface area contributed by atoms with Gasteiger partial charge >= 0.3 is 0 Å². The van der Waals surface area contributed by atoms with Gasteiger partial charge in [-0.25, -0.2) is 0 Å². The van der Waals surface area contributed by atoms with Crippen LogP contribution < -0.4 is 10.2 Å². The lowest BCUT2D eigenvalue weighted by Crippen LogP contribution is -2.36. The molecule has 136 valence electrons. The minimum atomic E-state index is 0.526. The summed E-state index contributed by atoms with van der Waals surface area (Å²) in [6.45, 7) is 11.5. The topological polar surface area (TPSA) is 15.3 Å². The monoisotopic (exact) mass is 358 g/mol. The van der Waals surface area contributed by atoms with Gasteiger partial charge in [0.15, 0.2) is 0 Å². The predicted octanol–water partition coefficient (Wildman–Crippen LogP) is 5.74. The molecule has 0 aromatic heterocycles. The first-order valence-electron chi connectivity index (χ1n) is 9.34. The summed E-state index contributed by atoms with van der Waals surface area (Å²) >= 11 is 6.36. The van der Waals surface area contributed by atoms with Gasteiger partial charge in [0.1, 0.15) is 0 Å². The zero-order valence-electron chi connectivity index (χ0n) is 16.0. The van der Waals surface area contributed by atoms with Gasteiger partial charge in [-0.05, 0) is 55.6 Å². The molecule has 0 saturated carbocycles. The van der Waals surface area contributed by atoms with E-state index in [9.17, 15) is 0 Å². The smallest absolute Gasteiger partial charge is 0.0455 e. The molecule has 0 amide bonds. The summed E-state index contributed by atoms with van der Waals surface area (Å²) < 4.78 is 0. The van der Waals surface area contributed by atoms with E-state index in [1.165, 1.54) is 29.7 Å². The van der Waals surface area contributed by atoms with E-state index in [1.807, 2.05) is 0 Å². The Morgan fingerprint density at radius 2 is 1.80 bits per heavy atom. The molecule has 0 spiro atoms. The lowest BCUT2D eigenvalue weighted by atomic mass is 10.1. The van der Waals surface area contributed by atoms with Crippen molar-refractivity contribution in [2.45, 2.75) is 53.1 Å². The normalized spacial score (nSPS) is 16.3. The fourth-order valence-corrected chi connectivity index (χ4v) is 3.24. The fraction of sp³-hybridized carbons (Fsp3) is 0.455. The van der Waals surface area contributed by atoms with Crippen LogP contribution in [0.25, 0.3) is 0 Å². The molecule has 3 heteroatoms. The standard InChI is InChI=1S/C19H23ClN2.C3H8/c1-14-5-3-4-6-16(14)13-22(18-9-10-21-12-18)17-8-7-15(2)19(20)11-17;1-3-2/h3-8,11,18,21H,9-10,12-13H2,1-2H3;3H2,1-2H3. The van der Waals surface area contributed by atoms with Crippen LogP contribution in [0.15, 0.2) is 42.5 Å². The highest BCUT2D eigenvalue weighted by Crippen LogP contribution is 2.28. The minimum Gasteiger partial charge on any atom is -0.363 e. The number of nitrogens with one attached hydrogen (secondary N) is 1. The zero-order chi connectivity index (χ0) is 18.2. The summed E-state index contributed by atoms with van der Waals surface area (Å²) in [5, 5.41) is 4.32. The number of rotatable bonds is 4. The van der Waals surface area contributed by atoms with E-state index < -0.39 is 0 Å². The molecule has 0 radical (unpaired) electrons. The van der Waals surface area contributed by atoms with Crippen LogP contribution in [-0.4, -0.2) is 19.1 Å². The molecule has 2 aromatic carbocycles. The van der Waals surface area contributed by atoms with Gasteiger partial charge in [0, 0.05) is 29.8 Å². The second-order valence-electron chi connectivity index (χ2n) is 6.84. The van der Waals surface area contributed by atoms with Crippen LogP contribution in [-0.2, 0) is 6.54 Å². The van der Waals surface area contributed by atoms with Crippen LogP contribution in [0.1, 0.15) is 43.4 Å². The van der Waals surface area contributed by atoms with Gasteiger partial charge in [0.05, 0.1) is 0 Å². The highest BCUT2D eigenvalue weighted by atomic mass is 35.5. The largest absolute Gasteiger partial charge is 0.363 e. The van der Waals surface area contributed by atoms with Crippen molar-refractivity contribution in [1.29, 1.82) is 0 Å². The number of nitrogens with zero attached hydrogens (tertiary/aromatic N) is 1. The zero-order valence-corrected chi connectivity index (χ0v) is 16.7. The van der Waals surface area contributed by atoms with Gasteiger partial charge < -0.3 is 10.2 Å². The van der Waals surface area contributed by atoms with Crippen LogP contribution in [0.3, 0.4) is 0 Å². The van der Waals surface area contributed by atoms with E-state index in [1.54, 1.807) is 0 Å². The lowest BCUT2D eigenvalue weighted by Gasteiger charge is -2.31. The van der Waals surface area contributed by atoms with Crippen molar-refractivity contribution in [3.05, 3.63) is 64.2 Å². The maximum Gasteiger partial charge on any atom is 0.0455 e. The van der Waals surface area contributed by atoms with Crippen molar-refractivity contribution >= 4 is 17.3 Å². The molecule has 0 bridgehead atoms. The van der Waals surface area contributed by atoms with E-state index in [-0.39, 0.29) is 0 Å². The summed E-state index contributed by atoms with van der Waals surface area (Å²) in [7, 11) is 0. The maximum atomic E-state index is 6.36. The highest BCUT2D eigenvalue weighted by Gasteiger charge is 2.23. The van der Waals surface area contributed by atoms with Crippen molar-refractivity contribution in [3.63, 3.8) is 0 Å². The second-order valence-corrected chi connectivity index (χ2v) is 7.25. The quantitative estimate of drug-likeness (QED) is 0.749. The summed E-state index contributed by atoms with van der Waals surface area (Å²) in [5.41, 5.74) is 5.07.